The first-order valence-corrected chi connectivity index (χ1v) is 14.5. The van der Waals surface area contributed by atoms with E-state index in [0.717, 1.165) is 24.2 Å². The number of pyridine rings is 1. The van der Waals surface area contributed by atoms with Crippen molar-refractivity contribution in [2.45, 2.75) is 31.5 Å². The van der Waals surface area contributed by atoms with Gasteiger partial charge in [-0.3, -0.25) is 9.52 Å². The summed E-state index contributed by atoms with van der Waals surface area (Å²) in [6.45, 7) is 7.80. The van der Waals surface area contributed by atoms with Crippen LogP contribution in [-0.2, 0) is 21.4 Å². The van der Waals surface area contributed by atoms with Crippen LogP contribution in [0.2, 0.25) is 0 Å². The number of aromatic nitrogens is 1. The average Bonchev–Trinajstić information content (AvgIpc) is 2.96. The van der Waals surface area contributed by atoms with Crippen molar-refractivity contribution < 1.29 is 36.3 Å². The van der Waals surface area contributed by atoms with Crippen molar-refractivity contribution in [1.82, 2.24) is 15.2 Å². The quantitative estimate of drug-likeness (QED) is 0.352. The van der Waals surface area contributed by atoms with Crippen LogP contribution in [0, 0.1) is 6.92 Å². The van der Waals surface area contributed by atoms with E-state index in [4.69, 9.17) is 9.90 Å². The SMILES string of the molecule is CCN(Cc1ccccc1)C(=O)c1cc(NS(=O)(=O)c2ccc(C)cc2)cnc1N1CCNCC1.O=C(O)C(F)(F)F. The third-order valence-corrected chi connectivity index (χ3v) is 7.62. The number of halogens is 3. The van der Waals surface area contributed by atoms with Gasteiger partial charge in [-0.1, -0.05) is 48.0 Å². The number of benzene rings is 2. The van der Waals surface area contributed by atoms with E-state index in [0.29, 0.717) is 37.6 Å². The fourth-order valence-electron chi connectivity index (χ4n) is 4.03. The molecule has 3 aromatic rings. The first kappa shape index (κ1) is 32.3. The van der Waals surface area contributed by atoms with Crippen LogP contribution >= 0.6 is 0 Å². The lowest BCUT2D eigenvalue weighted by Crippen LogP contribution is -2.45. The molecular weight excluding hydrogens is 575 g/mol. The average molecular weight is 608 g/mol. The number of anilines is 2. The summed E-state index contributed by atoms with van der Waals surface area (Å²) in [6, 6.07) is 18.0. The first-order chi connectivity index (χ1) is 19.8. The van der Waals surface area contributed by atoms with Crippen LogP contribution in [0.25, 0.3) is 0 Å². The molecule has 0 saturated carbocycles. The van der Waals surface area contributed by atoms with Gasteiger partial charge < -0.3 is 20.2 Å². The molecule has 0 spiro atoms. The molecule has 1 fully saturated rings. The lowest BCUT2D eigenvalue weighted by Gasteiger charge is -2.31. The summed E-state index contributed by atoms with van der Waals surface area (Å²) in [4.78, 5) is 31.2. The monoisotopic (exact) mass is 607 g/mol. The first-order valence-electron chi connectivity index (χ1n) is 13.0. The highest BCUT2D eigenvalue weighted by atomic mass is 32.2. The molecule has 10 nitrogen and oxygen atoms in total. The second-order valence-electron chi connectivity index (χ2n) is 9.36. The van der Waals surface area contributed by atoms with Crippen LogP contribution in [0.1, 0.15) is 28.4 Å². The fourth-order valence-corrected chi connectivity index (χ4v) is 5.07. The maximum atomic E-state index is 13.7. The summed E-state index contributed by atoms with van der Waals surface area (Å²) >= 11 is 0. The van der Waals surface area contributed by atoms with Crippen molar-refractivity contribution in [3.05, 3.63) is 83.6 Å². The summed E-state index contributed by atoms with van der Waals surface area (Å²) in [5, 5.41) is 10.4. The Kier molecular flexibility index (Phi) is 10.9. The molecule has 0 radical (unpaired) electrons. The molecule has 0 atom stereocenters. The van der Waals surface area contributed by atoms with Crippen LogP contribution in [-0.4, -0.2) is 74.2 Å². The number of aryl methyl sites for hydroxylation is 1. The Morgan fingerprint density at radius 3 is 2.21 bits per heavy atom. The standard InChI is InChI=1S/C26H31N5O3S.C2HF3O2/c1-3-30(19-21-7-5-4-6-8-21)26(32)24-17-22(18-28-25(24)31-15-13-27-14-16-31)29-35(33,34)23-11-9-20(2)10-12-23;3-2(4,5)1(6)7/h4-12,17-18,27,29H,3,13-16,19H2,1-2H3;(H,6,7). The van der Waals surface area contributed by atoms with Crippen LogP contribution in [0.15, 0.2) is 71.8 Å². The fraction of sp³-hybridized carbons (Fsp3) is 0.321. The van der Waals surface area contributed by atoms with E-state index in [9.17, 15) is 26.4 Å². The number of sulfonamides is 1. The predicted molar refractivity (Wildman–Crippen MR) is 152 cm³/mol. The minimum absolute atomic E-state index is 0.154. The van der Waals surface area contributed by atoms with Gasteiger partial charge in [0.15, 0.2) is 0 Å². The zero-order chi connectivity index (χ0) is 30.9. The number of amides is 1. The van der Waals surface area contributed by atoms with E-state index in [-0.39, 0.29) is 16.5 Å². The maximum Gasteiger partial charge on any atom is 0.490 e. The van der Waals surface area contributed by atoms with Crippen molar-refractivity contribution in [2.75, 3.05) is 42.3 Å². The highest BCUT2D eigenvalue weighted by Gasteiger charge is 2.38. The molecule has 1 amide bonds. The number of hydrogen-bond acceptors (Lipinski definition) is 7. The van der Waals surface area contributed by atoms with Crippen molar-refractivity contribution >= 4 is 33.4 Å². The smallest absolute Gasteiger partial charge is 0.475 e. The predicted octanol–water partition coefficient (Wildman–Crippen LogP) is 3.90. The molecule has 2 heterocycles. The van der Waals surface area contributed by atoms with E-state index < -0.39 is 22.2 Å². The molecule has 1 aromatic heterocycles. The number of hydrogen-bond donors (Lipinski definition) is 3. The zero-order valence-corrected chi connectivity index (χ0v) is 23.9. The molecule has 2 aromatic carbocycles. The Labute approximate surface area is 242 Å². The molecule has 226 valence electrons. The van der Waals surface area contributed by atoms with Gasteiger partial charge in [-0.05, 0) is 37.6 Å². The molecule has 0 bridgehead atoms. The van der Waals surface area contributed by atoms with Crippen molar-refractivity contribution in [2.24, 2.45) is 0 Å². The lowest BCUT2D eigenvalue weighted by atomic mass is 10.1. The molecule has 1 aliphatic rings. The van der Waals surface area contributed by atoms with Gasteiger partial charge in [0.05, 0.1) is 22.3 Å². The number of alkyl halides is 3. The van der Waals surface area contributed by atoms with Crippen LogP contribution in [0.5, 0.6) is 0 Å². The van der Waals surface area contributed by atoms with Gasteiger partial charge in [0.1, 0.15) is 5.82 Å². The van der Waals surface area contributed by atoms with Gasteiger partial charge in [0, 0.05) is 39.3 Å². The van der Waals surface area contributed by atoms with Gasteiger partial charge >= 0.3 is 12.1 Å². The molecular formula is C28H32F3N5O5S. The second-order valence-corrected chi connectivity index (χ2v) is 11.0. The van der Waals surface area contributed by atoms with E-state index in [1.165, 1.54) is 6.20 Å². The lowest BCUT2D eigenvalue weighted by molar-refractivity contribution is -0.192. The molecule has 1 saturated heterocycles. The van der Waals surface area contributed by atoms with Gasteiger partial charge in [-0.2, -0.15) is 13.2 Å². The van der Waals surface area contributed by atoms with E-state index in [1.807, 2.05) is 44.2 Å². The van der Waals surface area contributed by atoms with Crippen LogP contribution in [0.3, 0.4) is 0 Å². The van der Waals surface area contributed by atoms with Gasteiger partial charge in [0.25, 0.3) is 15.9 Å². The van der Waals surface area contributed by atoms with E-state index in [1.54, 1.807) is 35.2 Å². The summed E-state index contributed by atoms with van der Waals surface area (Å²) in [7, 11) is -3.82. The molecule has 4 rings (SSSR count). The Morgan fingerprint density at radius 1 is 1.07 bits per heavy atom. The molecule has 42 heavy (non-hydrogen) atoms. The van der Waals surface area contributed by atoms with Gasteiger partial charge in [-0.15, -0.1) is 0 Å². The zero-order valence-electron chi connectivity index (χ0n) is 23.1. The second kappa shape index (κ2) is 14.1. The largest absolute Gasteiger partial charge is 0.490 e. The Morgan fingerprint density at radius 2 is 1.67 bits per heavy atom. The maximum absolute atomic E-state index is 13.7. The minimum Gasteiger partial charge on any atom is -0.475 e. The molecule has 1 aliphatic heterocycles. The number of nitrogens with one attached hydrogen (secondary N) is 2. The van der Waals surface area contributed by atoms with Crippen LogP contribution in [0.4, 0.5) is 24.7 Å². The molecule has 14 heteroatoms. The number of rotatable bonds is 8. The third-order valence-electron chi connectivity index (χ3n) is 6.22. The summed E-state index contributed by atoms with van der Waals surface area (Å²) in [5.41, 5.74) is 2.63. The Balaban J connectivity index is 0.000000616. The van der Waals surface area contributed by atoms with Gasteiger partial charge in [0.2, 0.25) is 0 Å². The molecule has 3 N–H and O–H groups in total. The topological polar surface area (TPSA) is 132 Å². The number of aliphatic carboxylic acids is 1. The molecule has 0 unspecified atom stereocenters. The Bertz CT molecular complexity index is 1460. The third kappa shape index (κ3) is 8.91. The number of carboxylic acids is 1. The number of nitrogens with zero attached hydrogens (tertiary/aromatic N) is 3. The number of carbonyl (C=O) groups is 2. The van der Waals surface area contributed by atoms with Gasteiger partial charge in [-0.25, -0.2) is 18.2 Å². The van der Waals surface area contributed by atoms with E-state index >= 15 is 0 Å². The molecule has 0 aliphatic carbocycles. The summed E-state index contributed by atoms with van der Waals surface area (Å²) < 4.78 is 60.2. The Hall–Kier alpha value is -4.17. The number of carbonyl (C=O) groups excluding carboxylic acids is 1. The number of piperazine rings is 1. The van der Waals surface area contributed by atoms with Crippen molar-refractivity contribution in [3.8, 4) is 0 Å². The highest BCUT2D eigenvalue weighted by Crippen LogP contribution is 2.26. The normalized spacial score (nSPS) is 13.5. The van der Waals surface area contributed by atoms with Crippen molar-refractivity contribution in [1.29, 1.82) is 0 Å². The summed E-state index contributed by atoms with van der Waals surface area (Å²) in [5.74, 6) is -2.37. The van der Waals surface area contributed by atoms with Crippen LogP contribution < -0.4 is 14.9 Å². The number of carboxylic acid groups (broad SMARTS) is 1. The van der Waals surface area contributed by atoms with Crippen molar-refractivity contribution in [3.63, 3.8) is 0 Å². The highest BCUT2D eigenvalue weighted by molar-refractivity contribution is 7.92. The van der Waals surface area contributed by atoms with E-state index in [2.05, 4.69) is 19.9 Å². The summed E-state index contributed by atoms with van der Waals surface area (Å²) in [6.07, 6.45) is -3.60. The minimum atomic E-state index is -5.08.